The Labute approximate surface area is 181 Å². The maximum absolute atomic E-state index is 13.2. The highest BCUT2D eigenvalue weighted by molar-refractivity contribution is 7.11. The van der Waals surface area contributed by atoms with E-state index >= 15 is 0 Å². The molecule has 0 atom stereocenters. The third-order valence-electron chi connectivity index (χ3n) is 5.15. The van der Waals surface area contributed by atoms with Crippen molar-refractivity contribution in [2.45, 2.75) is 39.2 Å². The fourth-order valence-electron chi connectivity index (χ4n) is 3.61. The third kappa shape index (κ3) is 3.93. The molecule has 6 nitrogen and oxygen atoms in total. The van der Waals surface area contributed by atoms with Crippen LogP contribution < -0.4 is 9.64 Å². The van der Waals surface area contributed by atoms with Crippen molar-refractivity contribution in [3.05, 3.63) is 63.6 Å². The van der Waals surface area contributed by atoms with Gasteiger partial charge in [0.1, 0.15) is 15.8 Å². The average Bonchev–Trinajstić information content (AvgIpc) is 3.20. The van der Waals surface area contributed by atoms with Crippen molar-refractivity contribution in [2.75, 3.05) is 4.90 Å². The Morgan fingerprint density at radius 3 is 2.65 bits per heavy atom. The number of benzene rings is 2. The largest absolute Gasteiger partial charge is 0.435 e. The molecule has 0 spiro atoms. The first-order valence-corrected chi connectivity index (χ1v) is 10.3. The van der Waals surface area contributed by atoms with Gasteiger partial charge in [-0.15, -0.1) is 21.5 Å². The number of ether oxygens (including phenoxy) is 1. The number of rotatable bonds is 6. The lowest BCUT2D eigenvalue weighted by Crippen LogP contribution is -2.33. The Morgan fingerprint density at radius 1 is 1.19 bits per heavy atom. The first-order chi connectivity index (χ1) is 14.7. The number of amides is 1. The van der Waals surface area contributed by atoms with E-state index in [2.05, 4.69) is 14.9 Å². The van der Waals surface area contributed by atoms with Crippen molar-refractivity contribution in [1.82, 2.24) is 10.2 Å². The van der Waals surface area contributed by atoms with Crippen molar-refractivity contribution >= 4 is 34.4 Å². The number of ketones is 1. The van der Waals surface area contributed by atoms with Gasteiger partial charge in [-0.1, -0.05) is 6.07 Å². The van der Waals surface area contributed by atoms with E-state index in [1.54, 1.807) is 44.2 Å². The number of nitrogens with zero attached hydrogens (tertiary/aromatic N) is 3. The Bertz CT molecular complexity index is 1180. The second-order valence-electron chi connectivity index (χ2n) is 7.69. The normalized spacial score (nSPS) is 14.8. The van der Waals surface area contributed by atoms with Gasteiger partial charge in [0.15, 0.2) is 5.78 Å². The molecule has 2 heterocycles. The highest BCUT2D eigenvalue weighted by Crippen LogP contribution is 2.46. The zero-order valence-corrected chi connectivity index (χ0v) is 17.9. The van der Waals surface area contributed by atoms with Crippen LogP contribution in [0.25, 0.3) is 0 Å². The van der Waals surface area contributed by atoms with Crippen LogP contribution in [0.15, 0.2) is 42.5 Å². The van der Waals surface area contributed by atoms with E-state index < -0.39 is 12.0 Å². The first kappa shape index (κ1) is 21.0. The van der Waals surface area contributed by atoms with Crippen LogP contribution in [0, 0.1) is 6.92 Å². The molecule has 0 saturated heterocycles. The molecule has 9 heteroatoms. The minimum atomic E-state index is -2.96. The Morgan fingerprint density at radius 2 is 1.97 bits per heavy atom. The number of alkyl halides is 2. The minimum Gasteiger partial charge on any atom is -0.435 e. The van der Waals surface area contributed by atoms with E-state index in [9.17, 15) is 18.4 Å². The van der Waals surface area contributed by atoms with E-state index in [0.29, 0.717) is 27.5 Å². The highest BCUT2D eigenvalue weighted by Gasteiger charge is 2.45. The van der Waals surface area contributed by atoms with E-state index in [0.717, 1.165) is 5.01 Å². The van der Waals surface area contributed by atoms with Crippen LogP contribution in [0.3, 0.4) is 0 Å². The Balaban J connectivity index is 1.69. The summed E-state index contributed by atoms with van der Waals surface area (Å²) >= 11 is 1.37. The van der Waals surface area contributed by atoms with Crippen molar-refractivity contribution in [3.63, 3.8) is 0 Å². The number of hydrogen-bond acceptors (Lipinski definition) is 6. The molecule has 0 saturated carbocycles. The number of carbonyl (C=O) groups excluding carboxylic acids is 2. The maximum atomic E-state index is 13.2. The van der Waals surface area contributed by atoms with E-state index in [1.807, 2.05) is 6.92 Å². The minimum absolute atomic E-state index is 0.0364. The third-order valence-corrected chi connectivity index (χ3v) is 5.99. The van der Waals surface area contributed by atoms with Gasteiger partial charge < -0.3 is 4.74 Å². The van der Waals surface area contributed by atoms with Crippen LogP contribution in [0.2, 0.25) is 0 Å². The lowest BCUT2D eigenvalue weighted by atomic mass is 9.85. The molecule has 160 valence electrons. The topological polar surface area (TPSA) is 72.4 Å². The standard InChI is InChI=1S/C22H19F2N3O3S/c1-12-25-26-19(31-12)11-18(28)13-7-8-17-16(9-13)22(2,3)20(29)27(17)14-5-4-6-15(10-14)30-21(23)24/h4-10,21H,11H2,1-3H3. The maximum Gasteiger partial charge on any atom is 0.387 e. The summed E-state index contributed by atoms with van der Waals surface area (Å²) < 4.78 is 29.7. The average molecular weight is 443 g/mol. The second kappa shape index (κ2) is 7.81. The summed E-state index contributed by atoms with van der Waals surface area (Å²) in [6.45, 7) is 2.41. The van der Waals surface area contributed by atoms with Crippen LogP contribution in [-0.4, -0.2) is 28.5 Å². The summed E-state index contributed by atoms with van der Waals surface area (Å²) in [6.07, 6.45) is 0.134. The van der Waals surface area contributed by atoms with Gasteiger partial charge in [0, 0.05) is 11.6 Å². The Kier molecular flexibility index (Phi) is 5.30. The zero-order valence-electron chi connectivity index (χ0n) is 17.1. The molecule has 0 fully saturated rings. The number of halogens is 2. The lowest BCUT2D eigenvalue weighted by molar-refractivity contribution is -0.121. The molecule has 1 aliphatic rings. The molecule has 0 N–H and O–H groups in total. The summed E-state index contributed by atoms with van der Waals surface area (Å²) in [4.78, 5) is 27.5. The number of aromatic nitrogens is 2. The molecule has 0 radical (unpaired) electrons. The number of fused-ring (bicyclic) bond motifs is 1. The molecule has 1 amide bonds. The SMILES string of the molecule is Cc1nnc(CC(=O)c2ccc3c(c2)C(C)(C)C(=O)N3c2cccc(OC(F)F)c2)s1. The fourth-order valence-corrected chi connectivity index (χ4v) is 4.32. The number of hydrogen-bond donors (Lipinski definition) is 0. The van der Waals surface area contributed by atoms with Crippen LogP contribution >= 0.6 is 11.3 Å². The van der Waals surface area contributed by atoms with Crippen LogP contribution in [0.4, 0.5) is 20.2 Å². The van der Waals surface area contributed by atoms with Crippen LogP contribution in [0.5, 0.6) is 5.75 Å². The quantitative estimate of drug-likeness (QED) is 0.511. The van der Waals surface area contributed by atoms with Gasteiger partial charge in [-0.05, 0) is 56.7 Å². The van der Waals surface area contributed by atoms with Gasteiger partial charge in [-0.3, -0.25) is 14.5 Å². The van der Waals surface area contributed by atoms with E-state index in [4.69, 9.17) is 0 Å². The predicted octanol–water partition coefficient (Wildman–Crippen LogP) is 4.83. The molecule has 3 aromatic rings. The number of carbonyl (C=O) groups is 2. The van der Waals surface area contributed by atoms with Crippen molar-refractivity contribution in [1.29, 1.82) is 0 Å². The van der Waals surface area contributed by atoms with Gasteiger partial charge in [0.25, 0.3) is 0 Å². The Hall–Kier alpha value is -3.20. The fraction of sp³-hybridized carbons (Fsp3) is 0.273. The van der Waals surface area contributed by atoms with Gasteiger partial charge in [-0.25, -0.2) is 0 Å². The molecule has 1 aliphatic heterocycles. The highest BCUT2D eigenvalue weighted by atomic mass is 32.1. The number of Topliss-reactive ketones (excluding diaryl/α,β-unsaturated/α-hetero) is 1. The molecule has 1 aromatic heterocycles. The summed E-state index contributed by atoms with van der Waals surface area (Å²) in [5, 5.41) is 9.35. The summed E-state index contributed by atoms with van der Waals surface area (Å²) in [7, 11) is 0. The smallest absolute Gasteiger partial charge is 0.387 e. The molecule has 0 unspecified atom stereocenters. The molecule has 4 rings (SSSR count). The molecule has 0 aliphatic carbocycles. The predicted molar refractivity (Wildman–Crippen MR) is 112 cm³/mol. The molecule has 31 heavy (non-hydrogen) atoms. The first-order valence-electron chi connectivity index (χ1n) is 9.53. The molecular weight excluding hydrogens is 424 g/mol. The lowest BCUT2D eigenvalue weighted by Gasteiger charge is -2.21. The van der Waals surface area contributed by atoms with Crippen molar-refractivity contribution < 1.29 is 23.1 Å². The van der Waals surface area contributed by atoms with E-state index in [1.165, 1.54) is 28.4 Å². The van der Waals surface area contributed by atoms with E-state index in [-0.39, 0.29) is 23.9 Å². The second-order valence-corrected chi connectivity index (χ2v) is 8.95. The summed E-state index contributed by atoms with van der Waals surface area (Å²) in [6, 6.07) is 11.1. The van der Waals surface area contributed by atoms with Crippen LogP contribution in [-0.2, 0) is 16.6 Å². The molecule has 0 bridgehead atoms. The van der Waals surface area contributed by atoms with Crippen LogP contribution in [0.1, 0.15) is 39.8 Å². The van der Waals surface area contributed by atoms with Gasteiger partial charge in [0.05, 0.1) is 23.2 Å². The molecular formula is C22H19F2N3O3S. The number of aryl methyl sites for hydroxylation is 1. The van der Waals surface area contributed by atoms with Gasteiger partial charge in [0.2, 0.25) is 5.91 Å². The summed E-state index contributed by atoms with van der Waals surface area (Å²) in [5.41, 5.74) is 1.29. The van der Waals surface area contributed by atoms with Crippen molar-refractivity contribution in [2.24, 2.45) is 0 Å². The number of anilines is 2. The van der Waals surface area contributed by atoms with Crippen molar-refractivity contribution in [3.8, 4) is 5.75 Å². The van der Waals surface area contributed by atoms with Gasteiger partial charge in [-0.2, -0.15) is 8.78 Å². The zero-order chi connectivity index (χ0) is 22.3. The molecule has 2 aromatic carbocycles. The monoisotopic (exact) mass is 443 g/mol. The summed E-state index contributed by atoms with van der Waals surface area (Å²) in [5.74, 6) is -0.375. The van der Waals surface area contributed by atoms with Gasteiger partial charge >= 0.3 is 6.61 Å².